The average molecular weight is 605 g/mol. The van der Waals surface area contributed by atoms with Crippen molar-refractivity contribution in [2.45, 2.75) is 37.8 Å². The highest BCUT2D eigenvalue weighted by Crippen LogP contribution is 2.14. The zero-order valence-corrected chi connectivity index (χ0v) is 24.6. The Morgan fingerprint density at radius 3 is 2.26 bits per heavy atom. The third kappa shape index (κ3) is 8.41. The van der Waals surface area contributed by atoms with E-state index in [4.69, 9.17) is 16.9 Å². The van der Waals surface area contributed by atoms with Crippen LogP contribution in [0.4, 0.5) is 10.6 Å². The molecule has 2 aliphatic rings. The molecule has 3 heterocycles. The number of nitrogens with one attached hydrogen (secondary N) is 3. The molecule has 1 unspecified atom stereocenters. The van der Waals surface area contributed by atoms with E-state index >= 15 is 0 Å². The number of hydrogen-bond acceptors (Lipinski definition) is 8. The lowest BCUT2D eigenvalue weighted by molar-refractivity contribution is -0.139. The molecule has 1 atom stereocenters. The summed E-state index contributed by atoms with van der Waals surface area (Å²) >= 11 is 0. The fraction of sp³-hybridized carbons (Fsp3) is 0.519. The van der Waals surface area contributed by atoms with Gasteiger partial charge in [-0.1, -0.05) is 12.1 Å². The van der Waals surface area contributed by atoms with E-state index in [1.54, 1.807) is 12.3 Å². The van der Waals surface area contributed by atoms with Crippen molar-refractivity contribution in [3.63, 3.8) is 0 Å². The summed E-state index contributed by atoms with van der Waals surface area (Å²) in [6.45, 7) is 5.03. The van der Waals surface area contributed by atoms with Crippen molar-refractivity contribution in [2.75, 3.05) is 57.7 Å². The molecule has 1 aromatic heterocycles. The first-order valence-corrected chi connectivity index (χ1v) is 13.8. The molecule has 42 heavy (non-hydrogen) atoms. The standard InChI is InChI=1S/C27H40N10O4.ClH/c1-27(30,18-38)23(39)35-14-16-36(17-15-35)25(40)32-22-9-13-37(26(41)33-22)21-4-2-19(3-5-21)6-10-34-11-7-20(8-12-34)31-24(28)29;/h2-5,9,13,20,38H,6-8,10-12,14-18,30H2,1H3,(H4,28,29,31)(H,32,33,40,41);1H. The minimum Gasteiger partial charge on any atom is -0.394 e. The number of rotatable bonds is 8. The van der Waals surface area contributed by atoms with E-state index in [2.05, 4.69) is 20.5 Å². The van der Waals surface area contributed by atoms with E-state index in [9.17, 15) is 19.5 Å². The fourth-order valence-electron chi connectivity index (χ4n) is 5.03. The number of anilines is 1. The molecule has 15 heteroatoms. The van der Waals surface area contributed by atoms with Crippen molar-refractivity contribution in [1.29, 1.82) is 5.41 Å². The van der Waals surface area contributed by atoms with Gasteiger partial charge in [-0.05, 0) is 49.9 Å². The molecule has 230 valence electrons. The van der Waals surface area contributed by atoms with Crippen molar-refractivity contribution < 1.29 is 14.7 Å². The molecule has 2 aromatic rings. The molecule has 0 aliphatic carbocycles. The van der Waals surface area contributed by atoms with Crippen LogP contribution in [0.3, 0.4) is 0 Å². The zero-order valence-electron chi connectivity index (χ0n) is 23.8. The second kappa shape index (κ2) is 14.4. The van der Waals surface area contributed by atoms with E-state index in [0.29, 0.717) is 18.8 Å². The molecule has 14 nitrogen and oxygen atoms in total. The number of aliphatic hydroxyl groups is 1. The van der Waals surface area contributed by atoms with Crippen LogP contribution in [0.2, 0.25) is 0 Å². The van der Waals surface area contributed by atoms with E-state index in [1.165, 1.54) is 21.3 Å². The van der Waals surface area contributed by atoms with E-state index < -0.39 is 23.9 Å². The normalized spacial score (nSPS) is 17.6. The SMILES string of the molecule is CC(N)(CO)C(=O)N1CCN(C(=O)Nc2ccn(-c3ccc(CCN4CCC(NC(=N)N)CC4)cc3)c(=O)n2)CC1.Cl. The smallest absolute Gasteiger partial charge is 0.354 e. The molecular weight excluding hydrogens is 564 g/mol. The Morgan fingerprint density at radius 2 is 1.69 bits per heavy atom. The number of likely N-dealkylation sites (tertiary alicyclic amines) is 1. The number of carbonyl (C=O) groups is 2. The third-order valence-electron chi connectivity index (χ3n) is 7.59. The second-order valence-corrected chi connectivity index (χ2v) is 10.8. The first kappa shape index (κ1) is 32.8. The van der Waals surface area contributed by atoms with Crippen LogP contribution in [-0.2, 0) is 11.2 Å². The summed E-state index contributed by atoms with van der Waals surface area (Å²) in [5, 5.41) is 22.3. The van der Waals surface area contributed by atoms with Crippen LogP contribution in [0.5, 0.6) is 0 Å². The van der Waals surface area contributed by atoms with Crippen LogP contribution in [0.1, 0.15) is 25.3 Å². The summed E-state index contributed by atoms with van der Waals surface area (Å²) in [4.78, 5) is 47.4. The number of amides is 3. The van der Waals surface area contributed by atoms with Crippen LogP contribution in [0.15, 0.2) is 41.3 Å². The van der Waals surface area contributed by atoms with Crippen molar-refractivity contribution in [1.82, 2.24) is 29.6 Å². The number of piperazine rings is 1. The number of nitrogens with zero attached hydrogens (tertiary/aromatic N) is 5. The van der Waals surface area contributed by atoms with Gasteiger partial charge in [-0.15, -0.1) is 12.4 Å². The molecule has 8 N–H and O–H groups in total. The molecule has 2 fully saturated rings. The summed E-state index contributed by atoms with van der Waals surface area (Å²) in [5.74, 6) is -0.195. The van der Waals surface area contributed by atoms with Crippen molar-refractivity contribution in [3.8, 4) is 5.69 Å². The lowest BCUT2D eigenvalue weighted by Gasteiger charge is -2.37. The summed E-state index contributed by atoms with van der Waals surface area (Å²) in [6.07, 6.45) is 4.38. The zero-order chi connectivity index (χ0) is 29.6. The minimum atomic E-state index is -1.35. The number of urea groups is 1. The predicted octanol–water partition coefficient (Wildman–Crippen LogP) is -0.470. The summed E-state index contributed by atoms with van der Waals surface area (Å²) in [6, 6.07) is 9.18. The number of hydrogen-bond donors (Lipinski definition) is 6. The summed E-state index contributed by atoms with van der Waals surface area (Å²) in [5.41, 5.74) is 11.2. The highest BCUT2D eigenvalue weighted by molar-refractivity contribution is 5.89. The molecule has 2 saturated heterocycles. The number of benzene rings is 1. The predicted molar refractivity (Wildman–Crippen MR) is 162 cm³/mol. The molecule has 0 radical (unpaired) electrons. The largest absolute Gasteiger partial charge is 0.394 e. The second-order valence-electron chi connectivity index (χ2n) is 10.8. The number of nitrogens with two attached hydrogens (primary N) is 2. The Kier molecular flexibility index (Phi) is 11.3. The first-order chi connectivity index (χ1) is 19.6. The molecule has 3 amide bonds. The lowest BCUT2D eigenvalue weighted by Crippen LogP contribution is -2.60. The van der Waals surface area contributed by atoms with Crippen LogP contribution in [0.25, 0.3) is 5.69 Å². The topological polar surface area (TPSA) is 199 Å². The Balaban J connectivity index is 0.00000484. The van der Waals surface area contributed by atoms with E-state index in [1.807, 2.05) is 24.3 Å². The van der Waals surface area contributed by atoms with E-state index in [-0.39, 0.29) is 49.2 Å². The van der Waals surface area contributed by atoms with Gasteiger partial charge in [0.05, 0.1) is 12.3 Å². The molecule has 1 aromatic carbocycles. The Morgan fingerprint density at radius 1 is 1.07 bits per heavy atom. The third-order valence-corrected chi connectivity index (χ3v) is 7.59. The van der Waals surface area contributed by atoms with Gasteiger partial charge >= 0.3 is 11.7 Å². The molecule has 0 saturated carbocycles. The number of aliphatic hydroxyl groups excluding tert-OH is 1. The summed E-state index contributed by atoms with van der Waals surface area (Å²) < 4.78 is 1.42. The van der Waals surface area contributed by atoms with Gasteiger partial charge < -0.3 is 36.6 Å². The van der Waals surface area contributed by atoms with Crippen LogP contribution in [-0.4, -0.2) is 111 Å². The van der Waals surface area contributed by atoms with Gasteiger partial charge in [-0.25, -0.2) is 9.59 Å². The van der Waals surface area contributed by atoms with Gasteiger partial charge in [0, 0.05) is 58.1 Å². The lowest BCUT2D eigenvalue weighted by atomic mass is 10.0. The van der Waals surface area contributed by atoms with Gasteiger partial charge in [0.25, 0.3) is 0 Å². The summed E-state index contributed by atoms with van der Waals surface area (Å²) in [7, 11) is 0. The molecule has 2 aliphatic heterocycles. The van der Waals surface area contributed by atoms with Crippen molar-refractivity contribution in [2.24, 2.45) is 11.5 Å². The quantitative estimate of drug-likeness (QED) is 0.170. The maximum Gasteiger partial charge on any atom is 0.354 e. The van der Waals surface area contributed by atoms with Gasteiger partial charge in [0.1, 0.15) is 11.4 Å². The van der Waals surface area contributed by atoms with Gasteiger partial charge in [-0.3, -0.25) is 20.1 Å². The van der Waals surface area contributed by atoms with Crippen LogP contribution >= 0.6 is 12.4 Å². The number of carbonyl (C=O) groups excluding carboxylic acids is 2. The molecule has 0 spiro atoms. The van der Waals surface area contributed by atoms with Crippen LogP contribution < -0.4 is 27.8 Å². The monoisotopic (exact) mass is 604 g/mol. The van der Waals surface area contributed by atoms with Crippen LogP contribution in [0, 0.1) is 5.41 Å². The maximum atomic E-state index is 12.7. The van der Waals surface area contributed by atoms with Crippen molar-refractivity contribution >= 4 is 36.1 Å². The molecular formula is C27H41ClN10O4. The molecule has 0 bridgehead atoms. The highest BCUT2D eigenvalue weighted by Gasteiger charge is 2.34. The average Bonchev–Trinajstić information content (AvgIpc) is 2.96. The first-order valence-electron chi connectivity index (χ1n) is 13.8. The minimum absolute atomic E-state index is 0. The number of guanidine groups is 1. The highest BCUT2D eigenvalue weighted by atomic mass is 35.5. The number of piperidine rings is 1. The number of halogens is 1. The Hall–Kier alpha value is -3.72. The number of aromatic nitrogens is 2. The Bertz CT molecular complexity index is 1290. The van der Waals surface area contributed by atoms with Gasteiger partial charge in [0.15, 0.2) is 5.96 Å². The maximum absolute atomic E-state index is 12.7. The fourth-order valence-corrected chi connectivity index (χ4v) is 5.03. The van der Waals surface area contributed by atoms with E-state index in [0.717, 1.165) is 44.5 Å². The van der Waals surface area contributed by atoms with Gasteiger partial charge in [0.2, 0.25) is 5.91 Å². The van der Waals surface area contributed by atoms with Gasteiger partial charge in [-0.2, -0.15) is 4.98 Å². The Labute approximate surface area is 251 Å². The van der Waals surface area contributed by atoms with Crippen molar-refractivity contribution in [3.05, 3.63) is 52.6 Å². The molecule has 4 rings (SSSR count).